The molecule has 30 heavy (non-hydrogen) atoms. The van der Waals surface area contributed by atoms with E-state index in [-0.39, 0.29) is 24.3 Å². The minimum Gasteiger partial charge on any atom is -0.443 e. The number of hydrogen-bond donors (Lipinski definition) is 3. The molecular weight excluding hydrogens is 395 g/mol. The number of alkyl halides is 1. The van der Waals surface area contributed by atoms with Gasteiger partial charge in [-0.15, -0.1) is 0 Å². The van der Waals surface area contributed by atoms with Crippen molar-refractivity contribution in [2.24, 2.45) is 7.05 Å². The zero-order chi connectivity index (χ0) is 21.8. The van der Waals surface area contributed by atoms with E-state index in [4.69, 9.17) is 9.47 Å². The average molecular weight is 422 g/mol. The summed E-state index contributed by atoms with van der Waals surface area (Å²) >= 11 is 0. The van der Waals surface area contributed by atoms with Gasteiger partial charge < -0.3 is 20.1 Å². The summed E-state index contributed by atoms with van der Waals surface area (Å²) in [5.74, 6) is -0.242. The summed E-state index contributed by atoms with van der Waals surface area (Å²) in [7, 11) is 3.22. The van der Waals surface area contributed by atoms with Crippen LogP contribution < -0.4 is 10.6 Å². The summed E-state index contributed by atoms with van der Waals surface area (Å²) in [5, 5.41) is 16.4. The number of nitrogens with zero attached hydrogens (tertiary/aromatic N) is 3. The average Bonchev–Trinajstić information content (AvgIpc) is 3.34. The fourth-order valence-corrected chi connectivity index (χ4v) is 3.48. The van der Waals surface area contributed by atoms with E-state index in [0.29, 0.717) is 35.9 Å². The number of anilines is 1. The van der Waals surface area contributed by atoms with Gasteiger partial charge in [-0.05, 0) is 32.8 Å². The van der Waals surface area contributed by atoms with Crippen LogP contribution in [0.4, 0.5) is 15.0 Å². The molecule has 0 radical (unpaired) electrons. The zero-order valence-electron chi connectivity index (χ0n) is 17.4. The van der Waals surface area contributed by atoms with Crippen LogP contribution in [0.3, 0.4) is 0 Å². The molecule has 0 unspecified atom stereocenters. The molecule has 164 valence electrons. The van der Waals surface area contributed by atoms with Crippen LogP contribution in [0.25, 0.3) is 0 Å². The molecule has 0 spiro atoms. The highest BCUT2D eigenvalue weighted by Gasteiger charge is 2.38. The normalized spacial score (nSPS) is 21.1. The van der Waals surface area contributed by atoms with Crippen LogP contribution in [0.5, 0.6) is 0 Å². The second-order valence-corrected chi connectivity index (χ2v) is 7.67. The predicted molar refractivity (Wildman–Crippen MR) is 106 cm³/mol. The quantitative estimate of drug-likeness (QED) is 0.629. The Hall–Kier alpha value is -2.95. The third kappa shape index (κ3) is 5.15. The number of methoxy groups -OCH3 is 1. The molecule has 0 aromatic carbocycles. The van der Waals surface area contributed by atoms with E-state index in [1.165, 1.54) is 4.68 Å². The van der Waals surface area contributed by atoms with Crippen LogP contribution in [-0.4, -0.2) is 57.4 Å². The number of halogens is 1. The molecule has 3 N–H and O–H groups in total. The number of ether oxygens (including phenoxy) is 2. The monoisotopic (exact) mass is 422 g/mol. The zero-order valence-corrected chi connectivity index (χ0v) is 17.4. The molecule has 3 rings (SSSR count). The highest BCUT2D eigenvalue weighted by molar-refractivity contribution is 6.02. The number of nitrogens with one attached hydrogen (secondary N) is 3. The molecule has 2 amide bonds. The van der Waals surface area contributed by atoms with E-state index in [2.05, 4.69) is 25.9 Å². The number of rotatable bonds is 7. The van der Waals surface area contributed by atoms with E-state index in [0.717, 1.165) is 0 Å². The Morgan fingerprint density at radius 1 is 1.37 bits per heavy atom. The largest absolute Gasteiger partial charge is 0.443 e. The predicted octanol–water partition coefficient (Wildman–Crippen LogP) is 2.26. The van der Waals surface area contributed by atoms with Crippen molar-refractivity contribution in [3.05, 3.63) is 29.2 Å². The third-order valence-corrected chi connectivity index (χ3v) is 4.83. The molecule has 3 atom stereocenters. The van der Waals surface area contributed by atoms with E-state index in [1.807, 2.05) is 0 Å². The first-order valence-corrected chi connectivity index (χ1v) is 9.76. The lowest BCUT2D eigenvalue weighted by Gasteiger charge is -2.16. The Morgan fingerprint density at radius 2 is 2.13 bits per heavy atom. The van der Waals surface area contributed by atoms with Gasteiger partial charge in [0.1, 0.15) is 18.0 Å². The molecule has 10 nitrogen and oxygen atoms in total. The van der Waals surface area contributed by atoms with Crippen molar-refractivity contribution >= 4 is 17.8 Å². The van der Waals surface area contributed by atoms with Crippen LogP contribution >= 0.6 is 0 Å². The summed E-state index contributed by atoms with van der Waals surface area (Å²) in [4.78, 5) is 24.3. The van der Waals surface area contributed by atoms with E-state index in [1.54, 1.807) is 40.1 Å². The molecule has 1 aliphatic rings. The lowest BCUT2D eigenvalue weighted by Crippen LogP contribution is -2.35. The molecule has 0 bridgehead atoms. The highest BCUT2D eigenvalue weighted by Crippen LogP contribution is 2.37. The van der Waals surface area contributed by atoms with Crippen molar-refractivity contribution < 1.29 is 23.5 Å². The topological polar surface area (TPSA) is 123 Å². The van der Waals surface area contributed by atoms with Gasteiger partial charge in [-0.2, -0.15) is 10.2 Å². The summed E-state index contributed by atoms with van der Waals surface area (Å²) < 4.78 is 26.0. The van der Waals surface area contributed by atoms with Gasteiger partial charge in [-0.25, -0.2) is 9.18 Å². The fourth-order valence-electron chi connectivity index (χ4n) is 3.48. The molecule has 11 heteroatoms. The maximum Gasteiger partial charge on any atom is 0.407 e. The van der Waals surface area contributed by atoms with Crippen LogP contribution in [0.15, 0.2) is 12.1 Å². The van der Waals surface area contributed by atoms with Gasteiger partial charge >= 0.3 is 6.09 Å². The van der Waals surface area contributed by atoms with Crippen LogP contribution in [-0.2, 0) is 23.1 Å². The fraction of sp³-hybridized carbons (Fsp3) is 0.579. The molecule has 1 aliphatic carbocycles. The number of aromatic amines is 1. The van der Waals surface area contributed by atoms with Crippen molar-refractivity contribution in [3.8, 4) is 0 Å². The van der Waals surface area contributed by atoms with Gasteiger partial charge in [0.15, 0.2) is 5.82 Å². The first-order valence-electron chi connectivity index (χ1n) is 9.76. The molecule has 0 saturated heterocycles. The van der Waals surface area contributed by atoms with Crippen molar-refractivity contribution in [2.45, 2.75) is 57.5 Å². The SMILES string of the molecule is COCc1cc(C(=O)Nc2cc([C@H]3C[C@@H](F)[C@@H](OC(=O)NC(C)C)C3)[nH]n2)n(C)n1. The number of aromatic nitrogens is 4. The summed E-state index contributed by atoms with van der Waals surface area (Å²) in [6.45, 7) is 3.91. The Bertz CT molecular complexity index is 895. The van der Waals surface area contributed by atoms with Crippen molar-refractivity contribution in [1.29, 1.82) is 0 Å². The molecular formula is C19H27FN6O4. The van der Waals surface area contributed by atoms with Crippen molar-refractivity contribution in [3.63, 3.8) is 0 Å². The molecule has 0 aliphatic heterocycles. The molecule has 2 heterocycles. The second kappa shape index (κ2) is 9.24. The summed E-state index contributed by atoms with van der Waals surface area (Å²) in [5.41, 5.74) is 1.68. The standard InChI is InChI=1S/C19H27FN6O4/c1-10(2)21-19(28)30-16-6-11(5-13(16)20)14-8-17(24-23-14)22-18(27)15-7-12(9-29-4)25-26(15)3/h7-8,10-11,13,16H,5-6,9H2,1-4H3,(H,21,28)(H2,22,23,24,27)/t11-,13+,16-/m0/s1. The maximum absolute atomic E-state index is 14.3. The van der Waals surface area contributed by atoms with E-state index < -0.39 is 18.4 Å². The number of alkyl carbamates (subject to hydrolysis) is 1. The van der Waals surface area contributed by atoms with Gasteiger partial charge in [0.25, 0.3) is 5.91 Å². The number of aryl methyl sites for hydroxylation is 1. The molecule has 1 saturated carbocycles. The number of hydrogen-bond acceptors (Lipinski definition) is 6. The summed E-state index contributed by atoms with van der Waals surface area (Å²) in [6.07, 6.45) is -2.16. The number of carbonyl (C=O) groups is 2. The third-order valence-electron chi connectivity index (χ3n) is 4.83. The van der Waals surface area contributed by atoms with Crippen molar-refractivity contribution in [1.82, 2.24) is 25.3 Å². The number of H-pyrrole nitrogens is 1. The van der Waals surface area contributed by atoms with Crippen LogP contribution in [0, 0.1) is 0 Å². The first kappa shape index (κ1) is 21.8. The number of carbonyl (C=O) groups excluding carboxylic acids is 2. The first-order chi connectivity index (χ1) is 14.3. The van der Waals surface area contributed by atoms with E-state index in [9.17, 15) is 14.0 Å². The maximum atomic E-state index is 14.3. The van der Waals surface area contributed by atoms with Crippen molar-refractivity contribution in [2.75, 3.05) is 12.4 Å². The Morgan fingerprint density at radius 3 is 2.83 bits per heavy atom. The molecule has 2 aromatic rings. The van der Waals surface area contributed by atoms with E-state index >= 15 is 0 Å². The minimum atomic E-state index is -1.26. The van der Waals surface area contributed by atoms with Gasteiger partial charge in [0, 0.05) is 37.9 Å². The Balaban J connectivity index is 1.60. The highest BCUT2D eigenvalue weighted by atomic mass is 19.1. The van der Waals surface area contributed by atoms with Gasteiger partial charge in [-0.3, -0.25) is 14.6 Å². The molecule has 2 aromatic heterocycles. The minimum absolute atomic E-state index is 0.0865. The molecule has 1 fully saturated rings. The lowest BCUT2D eigenvalue weighted by molar-refractivity contribution is 0.0593. The Kier molecular flexibility index (Phi) is 6.70. The van der Waals surface area contributed by atoms with Crippen LogP contribution in [0.2, 0.25) is 0 Å². The second-order valence-electron chi connectivity index (χ2n) is 7.67. The number of amides is 2. The lowest BCUT2D eigenvalue weighted by atomic mass is 10.0. The van der Waals surface area contributed by atoms with Gasteiger partial charge in [0.05, 0.1) is 12.3 Å². The smallest absolute Gasteiger partial charge is 0.407 e. The van der Waals surface area contributed by atoms with Gasteiger partial charge in [0.2, 0.25) is 0 Å². The Labute approximate surface area is 173 Å². The van der Waals surface area contributed by atoms with Crippen LogP contribution in [0.1, 0.15) is 54.5 Å². The summed E-state index contributed by atoms with van der Waals surface area (Å²) in [6, 6.07) is 3.22. The van der Waals surface area contributed by atoms with Gasteiger partial charge in [-0.1, -0.05) is 0 Å².